The summed E-state index contributed by atoms with van der Waals surface area (Å²) in [4.78, 5) is 15.3. The first-order valence-electron chi connectivity index (χ1n) is 6.15. The average molecular weight is 348 g/mol. The summed E-state index contributed by atoms with van der Waals surface area (Å²) in [6.45, 7) is 3.42. The predicted octanol–water partition coefficient (Wildman–Crippen LogP) is 1.74. The number of aliphatic hydroxyl groups is 1. The molecule has 1 aliphatic heterocycles. The molecular formula is C13H16BrClN2O2. The lowest BCUT2D eigenvalue weighted by molar-refractivity contribution is -0.135. The lowest BCUT2D eigenvalue weighted by Crippen LogP contribution is -2.49. The highest BCUT2D eigenvalue weighted by Crippen LogP contribution is 2.23. The number of piperazine rings is 1. The molecule has 1 aromatic rings. The van der Waals surface area contributed by atoms with Gasteiger partial charge in [-0.3, -0.25) is 9.69 Å². The van der Waals surface area contributed by atoms with Gasteiger partial charge in [0.25, 0.3) is 0 Å². The van der Waals surface area contributed by atoms with E-state index in [0.29, 0.717) is 18.1 Å². The molecule has 104 valence electrons. The second-order valence-corrected chi connectivity index (χ2v) is 5.84. The Bertz CT molecular complexity index is 462. The third-order valence-electron chi connectivity index (χ3n) is 3.27. The number of rotatable bonds is 3. The molecule has 0 aromatic heterocycles. The molecule has 1 saturated heterocycles. The van der Waals surface area contributed by atoms with E-state index in [0.717, 1.165) is 24.1 Å². The van der Waals surface area contributed by atoms with Crippen LogP contribution in [0.15, 0.2) is 22.7 Å². The first-order valence-corrected chi connectivity index (χ1v) is 7.32. The SMILES string of the molecule is O=C(CO)N1CCN(Cc2ccc(Cl)cc2Br)CC1. The van der Waals surface area contributed by atoms with E-state index in [2.05, 4.69) is 20.8 Å². The summed E-state index contributed by atoms with van der Waals surface area (Å²) < 4.78 is 1.01. The highest BCUT2D eigenvalue weighted by molar-refractivity contribution is 9.10. The van der Waals surface area contributed by atoms with Crippen LogP contribution in [0.1, 0.15) is 5.56 Å². The number of nitrogens with zero attached hydrogens (tertiary/aromatic N) is 2. The number of carbonyl (C=O) groups is 1. The van der Waals surface area contributed by atoms with Gasteiger partial charge in [0.05, 0.1) is 0 Å². The number of benzene rings is 1. The van der Waals surface area contributed by atoms with E-state index in [1.165, 1.54) is 5.56 Å². The first-order chi connectivity index (χ1) is 9.10. The second kappa shape index (κ2) is 6.70. The summed E-state index contributed by atoms with van der Waals surface area (Å²) in [6.07, 6.45) is 0. The van der Waals surface area contributed by atoms with Crippen LogP contribution in [0.2, 0.25) is 5.02 Å². The van der Waals surface area contributed by atoms with Gasteiger partial charge in [0.1, 0.15) is 6.61 Å². The zero-order valence-electron chi connectivity index (χ0n) is 10.5. The summed E-state index contributed by atoms with van der Waals surface area (Å²) in [5, 5.41) is 9.54. The molecule has 0 atom stereocenters. The minimum atomic E-state index is -0.400. The maximum atomic E-state index is 11.4. The Morgan fingerprint density at radius 3 is 2.58 bits per heavy atom. The van der Waals surface area contributed by atoms with Crippen LogP contribution in [0.4, 0.5) is 0 Å². The van der Waals surface area contributed by atoms with E-state index in [-0.39, 0.29) is 5.91 Å². The summed E-state index contributed by atoms with van der Waals surface area (Å²) in [5.74, 6) is -0.188. The van der Waals surface area contributed by atoms with Crippen molar-refractivity contribution in [2.24, 2.45) is 0 Å². The van der Waals surface area contributed by atoms with Crippen molar-refractivity contribution in [1.29, 1.82) is 0 Å². The normalized spacial score (nSPS) is 16.7. The van der Waals surface area contributed by atoms with E-state index >= 15 is 0 Å². The number of halogens is 2. The second-order valence-electron chi connectivity index (χ2n) is 4.55. The molecule has 1 fully saturated rings. The lowest BCUT2D eigenvalue weighted by atomic mass is 10.2. The molecule has 1 aromatic carbocycles. The molecule has 19 heavy (non-hydrogen) atoms. The summed E-state index contributed by atoms with van der Waals surface area (Å²) >= 11 is 9.43. The summed E-state index contributed by atoms with van der Waals surface area (Å²) in [5.41, 5.74) is 1.19. The van der Waals surface area contributed by atoms with Crippen molar-refractivity contribution >= 4 is 33.4 Å². The Labute approximate surface area is 126 Å². The van der Waals surface area contributed by atoms with Gasteiger partial charge in [-0.2, -0.15) is 0 Å². The molecule has 6 heteroatoms. The maximum absolute atomic E-state index is 11.4. The van der Waals surface area contributed by atoms with Crippen molar-refractivity contribution in [3.8, 4) is 0 Å². The molecular weight excluding hydrogens is 332 g/mol. The van der Waals surface area contributed by atoms with Gasteiger partial charge < -0.3 is 10.0 Å². The zero-order valence-corrected chi connectivity index (χ0v) is 12.8. The smallest absolute Gasteiger partial charge is 0.248 e. The Hall–Kier alpha value is -0.620. The maximum Gasteiger partial charge on any atom is 0.248 e. The van der Waals surface area contributed by atoms with Crippen LogP contribution >= 0.6 is 27.5 Å². The van der Waals surface area contributed by atoms with E-state index < -0.39 is 6.61 Å². The number of aliphatic hydroxyl groups excluding tert-OH is 1. The van der Waals surface area contributed by atoms with Crippen molar-refractivity contribution in [3.63, 3.8) is 0 Å². The van der Waals surface area contributed by atoms with Crippen LogP contribution in [0.25, 0.3) is 0 Å². The van der Waals surface area contributed by atoms with Gasteiger partial charge >= 0.3 is 0 Å². The average Bonchev–Trinajstić information content (AvgIpc) is 2.42. The molecule has 1 N–H and O–H groups in total. The van der Waals surface area contributed by atoms with Crippen LogP contribution in [0, 0.1) is 0 Å². The first kappa shape index (κ1) is 14.8. The van der Waals surface area contributed by atoms with Crippen LogP contribution in [-0.2, 0) is 11.3 Å². The van der Waals surface area contributed by atoms with E-state index in [1.54, 1.807) is 4.90 Å². The molecule has 4 nitrogen and oxygen atoms in total. The van der Waals surface area contributed by atoms with Gasteiger partial charge in [-0.1, -0.05) is 33.6 Å². The van der Waals surface area contributed by atoms with Crippen molar-refractivity contribution in [2.75, 3.05) is 32.8 Å². The minimum Gasteiger partial charge on any atom is -0.387 e. The fourth-order valence-corrected chi connectivity index (χ4v) is 2.95. The molecule has 1 amide bonds. The van der Waals surface area contributed by atoms with Crippen molar-refractivity contribution in [2.45, 2.75) is 6.54 Å². The van der Waals surface area contributed by atoms with Crippen LogP contribution in [0.3, 0.4) is 0 Å². The zero-order chi connectivity index (χ0) is 13.8. The minimum absolute atomic E-state index is 0.188. The number of hydrogen-bond donors (Lipinski definition) is 1. The van der Waals surface area contributed by atoms with Gasteiger partial charge in [0, 0.05) is 42.2 Å². The third kappa shape index (κ3) is 3.92. The van der Waals surface area contributed by atoms with Crippen LogP contribution in [-0.4, -0.2) is 53.6 Å². The Morgan fingerprint density at radius 2 is 2.00 bits per heavy atom. The third-order valence-corrected chi connectivity index (χ3v) is 4.24. The number of amides is 1. The molecule has 0 aliphatic carbocycles. The molecule has 1 heterocycles. The fraction of sp³-hybridized carbons (Fsp3) is 0.462. The van der Waals surface area contributed by atoms with Gasteiger partial charge in [-0.15, -0.1) is 0 Å². The molecule has 0 spiro atoms. The van der Waals surface area contributed by atoms with Crippen molar-refractivity contribution < 1.29 is 9.90 Å². The van der Waals surface area contributed by atoms with Gasteiger partial charge in [0.15, 0.2) is 0 Å². The largest absolute Gasteiger partial charge is 0.387 e. The van der Waals surface area contributed by atoms with E-state index in [1.807, 2.05) is 18.2 Å². The summed E-state index contributed by atoms with van der Waals surface area (Å²) in [7, 11) is 0. The molecule has 2 rings (SSSR count). The predicted molar refractivity (Wildman–Crippen MR) is 78.1 cm³/mol. The van der Waals surface area contributed by atoms with Crippen molar-refractivity contribution in [3.05, 3.63) is 33.3 Å². The fourth-order valence-electron chi connectivity index (χ4n) is 2.15. The van der Waals surface area contributed by atoms with E-state index in [4.69, 9.17) is 16.7 Å². The molecule has 0 bridgehead atoms. The number of carbonyl (C=O) groups excluding carboxylic acids is 1. The van der Waals surface area contributed by atoms with Crippen LogP contribution in [0.5, 0.6) is 0 Å². The van der Waals surface area contributed by atoms with Gasteiger partial charge in [-0.25, -0.2) is 0 Å². The van der Waals surface area contributed by atoms with Gasteiger partial charge in [-0.05, 0) is 17.7 Å². The Balaban J connectivity index is 1.90. The molecule has 0 unspecified atom stereocenters. The highest BCUT2D eigenvalue weighted by Gasteiger charge is 2.20. The molecule has 1 aliphatic rings. The van der Waals surface area contributed by atoms with Crippen molar-refractivity contribution in [1.82, 2.24) is 9.80 Å². The quantitative estimate of drug-likeness (QED) is 0.906. The van der Waals surface area contributed by atoms with Crippen LogP contribution < -0.4 is 0 Å². The Kier molecular flexibility index (Phi) is 5.21. The number of hydrogen-bond acceptors (Lipinski definition) is 3. The standard InChI is InChI=1S/C13H16BrClN2O2/c14-12-7-11(15)2-1-10(12)8-16-3-5-17(6-4-16)13(19)9-18/h1-2,7,18H,3-6,8-9H2. The molecule has 0 saturated carbocycles. The van der Waals surface area contributed by atoms with E-state index in [9.17, 15) is 4.79 Å². The monoisotopic (exact) mass is 346 g/mol. The van der Waals surface area contributed by atoms with Gasteiger partial charge in [0.2, 0.25) is 5.91 Å². The lowest BCUT2D eigenvalue weighted by Gasteiger charge is -2.34. The summed E-state index contributed by atoms with van der Waals surface area (Å²) in [6, 6.07) is 5.78. The highest BCUT2D eigenvalue weighted by atomic mass is 79.9. The molecule has 0 radical (unpaired) electrons. The Morgan fingerprint density at radius 1 is 1.32 bits per heavy atom. The topological polar surface area (TPSA) is 43.8 Å².